The van der Waals surface area contributed by atoms with Crippen LogP contribution in [0.25, 0.3) is 0 Å². The normalized spacial score (nSPS) is 10.4. The molecule has 0 bridgehead atoms. The number of carbonyl (C=O) groups excluding carboxylic acids is 1. The van der Waals surface area contributed by atoms with Crippen LogP contribution < -0.4 is 10.9 Å². The molecule has 0 aliphatic rings. The Kier molecular flexibility index (Phi) is 4.80. The molecule has 110 valence electrons. The van der Waals surface area contributed by atoms with E-state index in [2.05, 4.69) is 15.3 Å². The van der Waals surface area contributed by atoms with Crippen LogP contribution in [-0.2, 0) is 5.75 Å². The number of hydrogen-bond acceptors (Lipinski definition) is 4. The first-order valence-electron chi connectivity index (χ1n) is 6.47. The van der Waals surface area contributed by atoms with Crippen LogP contribution in [0.5, 0.6) is 0 Å². The number of nitrogens with zero attached hydrogens (tertiary/aromatic N) is 1. The maximum absolute atomic E-state index is 12.2. The molecule has 0 fully saturated rings. The molecule has 1 aromatic carbocycles. The van der Waals surface area contributed by atoms with Gasteiger partial charge in [0.2, 0.25) is 0 Å². The number of H-pyrrole nitrogens is 1. The number of nitrogens with one attached hydrogen (secondary N) is 2. The number of aromatic nitrogens is 2. The van der Waals surface area contributed by atoms with Gasteiger partial charge in [0.05, 0.1) is 5.75 Å². The van der Waals surface area contributed by atoms with E-state index in [-0.39, 0.29) is 17.2 Å². The van der Waals surface area contributed by atoms with E-state index in [1.54, 1.807) is 0 Å². The molecule has 2 rings (SSSR count). The molecule has 2 N–H and O–H groups in total. The lowest BCUT2D eigenvalue weighted by Gasteiger charge is -2.09. The van der Waals surface area contributed by atoms with E-state index in [1.165, 1.54) is 17.8 Å². The Hall–Kier alpha value is -2.08. The summed E-state index contributed by atoms with van der Waals surface area (Å²) in [6, 6.07) is 6.97. The predicted octanol–water partition coefficient (Wildman–Crippen LogP) is 2.50. The molecule has 1 heterocycles. The van der Waals surface area contributed by atoms with Gasteiger partial charge < -0.3 is 10.3 Å². The van der Waals surface area contributed by atoms with Gasteiger partial charge in [-0.25, -0.2) is 4.98 Å². The first-order valence-corrected chi connectivity index (χ1v) is 7.87. The Morgan fingerprint density at radius 1 is 1.33 bits per heavy atom. The van der Waals surface area contributed by atoms with Gasteiger partial charge in [0.25, 0.3) is 11.5 Å². The molecular formula is C15H17N3O2S. The van der Waals surface area contributed by atoms with Crippen LogP contribution >= 0.6 is 11.8 Å². The zero-order valence-corrected chi connectivity index (χ0v) is 13.0. The monoisotopic (exact) mass is 303 g/mol. The van der Waals surface area contributed by atoms with Crippen LogP contribution in [-0.4, -0.2) is 22.1 Å². The zero-order valence-electron chi connectivity index (χ0n) is 12.2. The van der Waals surface area contributed by atoms with Crippen LogP contribution in [0.1, 0.15) is 27.4 Å². The third-order valence-electron chi connectivity index (χ3n) is 2.93. The van der Waals surface area contributed by atoms with E-state index in [0.29, 0.717) is 11.6 Å². The Morgan fingerprint density at radius 2 is 2.10 bits per heavy atom. The fourth-order valence-electron chi connectivity index (χ4n) is 1.97. The standard InChI is InChI=1S/C15H17N3O2S/c1-9-4-5-11(10(2)6-9)17-15(20)12-7-14(19)18-13(16-12)8-21-3/h4-7H,8H2,1-3H3,(H,17,20)(H,16,18,19). The highest BCUT2D eigenvalue weighted by atomic mass is 32.2. The van der Waals surface area contributed by atoms with Crippen molar-refractivity contribution in [1.82, 2.24) is 9.97 Å². The minimum Gasteiger partial charge on any atom is -0.320 e. The fourth-order valence-corrected chi connectivity index (χ4v) is 2.38. The van der Waals surface area contributed by atoms with Crippen LogP contribution in [0.15, 0.2) is 29.1 Å². The van der Waals surface area contributed by atoms with E-state index in [1.807, 2.05) is 38.3 Å². The number of rotatable bonds is 4. The van der Waals surface area contributed by atoms with Crippen LogP contribution in [0.4, 0.5) is 5.69 Å². The van der Waals surface area contributed by atoms with Crippen molar-refractivity contribution < 1.29 is 4.79 Å². The fraction of sp³-hybridized carbons (Fsp3) is 0.267. The number of thioether (sulfide) groups is 1. The first kappa shape index (κ1) is 15.3. The van der Waals surface area contributed by atoms with Gasteiger partial charge in [-0.15, -0.1) is 0 Å². The average molecular weight is 303 g/mol. The second-order valence-corrected chi connectivity index (χ2v) is 5.65. The summed E-state index contributed by atoms with van der Waals surface area (Å²) in [6.45, 7) is 3.92. The number of benzene rings is 1. The second-order valence-electron chi connectivity index (χ2n) is 4.78. The van der Waals surface area contributed by atoms with Crippen LogP contribution in [0.2, 0.25) is 0 Å². The van der Waals surface area contributed by atoms with E-state index >= 15 is 0 Å². The highest BCUT2D eigenvalue weighted by Gasteiger charge is 2.11. The number of anilines is 1. The lowest BCUT2D eigenvalue weighted by atomic mass is 10.1. The topological polar surface area (TPSA) is 74.8 Å². The largest absolute Gasteiger partial charge is 0.320 e. The van der Waals surface area contributed by atoms with E-state index in [9.17, 15) is 9.59 Å². The molecular weight excluding hydrogens is 286 g/mol. The number of aryl methyl sites for hydroxylation is 2. The Bertz CT molecular complexity index is 725. The van der Waals surface area contributed by atoms with Crippen molar-refractivity contribution in [2.75, 3.05) is 11.6 Å². The lowest BCUT2D eigenvalue weighted by molar-refractivity contribution is 0.102. The number of amides is 1. The summed E-state index contributed by atoms with van der Waals surface area (Å²) in [5.74, 6) is 0.677. The number of aromatic amines is 1. The molecule has 2 aromatic rings. The van der Waals surface area contributed by atoms with Crippen molar-refractivity contribution in [3.05, 3.63) is 57.3 Å². The number of carbonyl (C=O) groups is 1. The minimum atomic E-state index is -0.379. The van der Waals surface area contributed by atoms with Gasteiger partial charge in [0, 0.05) is 11.8 Å². The minimum absolute atomic E-state index is 0.128. The van der Waals surface area contributed by atoms with Crippen LogP contribution in [0, 0.1) is 13.8 Å². The molecule has 0 unspecified atom stereocenters. The maximum atomic E-state index is 12.2. The lowest BCUT2D eigenvalue weighted by Crippen LogP contribution is -2.20. The number of hydrogen-bond donors (Lipinski definition) is 2. The highest BCUT2D eigenvalue weighted by Crippen LogP contribution is 2.16. The molecule has 0 spiro atoms. The molecule has 0 aliphatic carbocycles. The molecule has 6 heteroatoms. The smallest absolute Gasteiger partial charge is 0.274 e. The molecule has 21 heavy (non-hydrogen) atoms. The molecule has 0 aliphatic heterocycles. The van der Waals surface area contributed by atoms with Crippen molar-refractivity contribution in [1.29, 1.82) is 0 Å². The molecule has 1 aromatic heterocycles. The SMILES string of the molecule is CSCc1nc(C(=O)Nc2ccc(C)cc2C)cc(=O)[nH]1. The van der Waals surface area contributed by atoms with Gasteiger partial charge in [-0.2, -0.15) is 11.8 Å². The van der Waals surface area contributed by atoms with Crippen molar-refractivity contribution in [3.63, 3.8) is 0 Å². The van der Waals surface area contributed by atoms with Gasteiger partial charge >= 0.3 is 0 Å². The van der Waals surface area contributed by atoms with Gasteiger partial charge in [0.15, 0.2) is 0 Å². The Morgan fingerprint density at radius 3 is 2.76 bits per heavy atom. The van der Waals surface area contributed by atoms with Crippen molar-refractivity contribution in [2.45, 2.75) is 19.6 Å². The molecule has 1 amide bonds. The molecule has 0 saturated carbocycles. The van der Waals surface area contributed by atoms with Gasteiger partial charge in [-0.3, -0.25) is 9.59 Å². The van der Waals surface area contributed by atoms with Crippen molar-refractivity contribution in [3.8, 4) is 0 Å². The van der Waals surface area contributed by atoms with E-state index < -0.39 is 0 Å². The van der Waals surface area contributed by atoms with Gasteiger partial charge in [0.1, 0.15) is 11.5 Å². The summed E-state index contributed by atoms with van der Waals surface area (Å²) in [5, 5.41) is 2.79. The van der Waals surface area contributed by atoms with E-state index in [4.69, 9.17) is 0 Å². The third kappa shape index (κ3) is 3.95. The molecule has 0 saturated heterocycles. The molecule has 0 atom stereocenters. The third-order valence-corrected chi connectivity index (χ3v) is 3.50. The second kappa shape index (κ2) is 6.58. The molecule has 0 radical (unpaired) electrons. The predicted molar refractivity (Wildman–Crippen MR) is 85.9 cm³/mol. The van der Waals surface area contributed by atoms with Gasteiger partial charge in [-0.1, -0.05) is 17.7 Å². The Labute approximate surface area is 127 Å². The maximum Gasteiger partial charge on any atom is 0.274 e. The summed E-state index contributed by atoms with van der Waals surface area (Å²) in [5.41, 5.74) is 2.63. The zero-order chi connectivity index (χ0) is 15.4. The highest BCUT2D eigenvalue weighted by molar-refractivity contribution is 7.97. The summed E-state index contributed by atoms with van der Waals surface area (Å²) >= 11 is 1.53. The van der Waals surface area contributed by atoms with Crippen molar-refractivity contribution >= 4 is 23.4 Å². The molecule has 5 nitrogen and oxygen atoms in total. The summed E-state index contributed by atoms with van der Waals surface area (Å²) in [4.78, 5) is 30.6. The Balaban J connectivity index is 2.25. The summed E-state index contributed by atoms with van der Waals surface area (Å²) in [6.07, 6.45) is 1.91. The summed E-state index contributed by atoms with van der Waals surface area (Å²) < 4.78 is 0. The van der Waals surface area contributed by atoms with E-state index in [0.717, 1.165) is 16.8 Å². The average Bonchev–Trinajstić information content (AvgIpc) is 2.41. The van der Waals surface area contributed by atoms with Crippen molar-refractivity contribution in [2.24, 2.45) is 0 Å². The first-order chi connectivity index (χ1) is 9.99. The van der Waals surface area contributed by atoms with Crippen LogP contribution in [0.3, 0.4) is 0 Å². The van der Waals surface area contributed by atoms with Gasteiger partial charge in [-0.05, 0) is 31.7 Å². The summed E-state index contributed by atoms with van der Waals surface area (Å²) in [7, 11) is 0. The quantitative estimate of drug-likeness (QED) is 0.910.